The van der Waals surface area contributed by atoms with Crippen LogP contribution in [0.4, 0.5) is 4.39 Å². The van der Waals surface area contributed by atoms with Gasteiger partial charge in [-0.3, -0.25) is 0 Å². The van der Waals surface area contributed by atoms with Crippen LogP contribution in [0.1, 0.15) is 19.4 Å². The Kier molecular flexibility index (Phi) is 4.92. The number of benzene rings is 1. The molecule has 0 saturated heterocycles. The quantitative estimate of drug-likeness (QED) is 0.878. The van der Waals surface area contributed by atoms with E-state index in [-0.39, 0.29) is 17.5 Å². The van der Waals surface area contributed by atoms with E-state index in [9.17, 15) is 4.39 Å². The second-order valence-electron chi connectivity index (χ2n) is 4.59. The van der Waals surface area contributed by atoms with Crippen molar-refractivity contribution in [3.63, 3.8) is 0 Å². The molecule has 0 spiro atoms. The Bertz CT molecular complexity index is 382. The molecule has 0 aliphatic heterocycles. The number of hydrogen-bond donors (Lipinski definition) is 1. The van der Waals surface area contributed by atoms with E-state index < -0.39 is 0 Å². The lowest BCUT2D eigenvalue weighted by Crippen LogP contribution is -2.48. The number of methoxy groups -OCH3 is 1. The van der Waals surface area contributed by atoms with Crippen molar-refractivity contribution in [3.05, 3.63) is 34.6 Å². The molecule has 0 amide bonds. The molecule has 1 atom stereocenters. The van der Waals surface area contributed by atoms with Crippen LogP contribution in [0.3, 0.4) is 0 Å². The molecular formula is C13H19ClFNO. The Morgan fingerprint density at radius 3 is 2.65 bits per heavy atom. The lowest BCUT2D eigenvalue weighted by atomic mass is 9.92. The number of nitrogens with one attached hydrogen (secondary N) is 1. The Labute approximate surface area is 107 Å². The van der Waals surface area contributed by atoms with Crippen molar-refractivity contribution in [2.24, 2.45) is 0 Å². The van der Waals surface area contributed by atoms with E-state index in [2.05, 4.69) is 5.32 Å². The minimum absolute atomic E-state index is 0.0143. The summed E-state index contributed by atoms with van der Waals surface area (Å²) in [6.07, 6.45) is 0.531. The predicted molar refractivity (Wildman–Crippen MR) is 69.0 cm³/mol. The van der Waals surface area contributed by atoms with Gasteiger partial charge in [-0.1, -0.05) is 11.6 Å². The van der Waals surface area contributed by atoms with Crippen molar-refractivity contribution in [1.82, 2.24) is 5.32 Å². The Balaban J connectivity index is 2.91. The SMILES string of the molecule is CNC(Cc1cc(Cl)ccc1F)C(C)(C)OC. The van der Waals surface area contributed by atoms with Gasteiger partial charge < -0.3 is 10.1 Å². The molecule has 0 saturated carbocycles. The molecule has 2 nitrogen and oxygen atoms in total. The van der Waals surface area contributed by atoms with E-state index in [0.29, 0.717) is 17.0 Å². The van der Waals surface area contributed by atoms with Crippen LogP contribution in [0.15, 0.2) is 18.2 Å². The van der Waals surface area contributed by atoms with E-state index in [4.69, 9.17) is 16.3 Å². The third-order valence-corrected chi connectivity index (χ3v) is 3.38. The Morgan fingerprint density at radius 1 is 1.47 bits per heavy atom. The summed E-state index contributed by atoms with van der Waals surface area (Å²) < 4.78 is 19.0. The van der Waals surface area contributed by atoms with Crippen molar-refractivity contribution in [3.8, 4) is 0 Å². The first kappa shape index (κ1) is 14.4. The molecule has 0 aliphatic rings. The summed E-state index contributed by atoms with van der Waals surface area (Å²) in [5.74, 6) is -0.235. The van der Waals surface area contributed by atoms with Crippen molar-refractivity contribution >= 4 is 11.6 Å². The fourth-order valence-electron chi connectivity index (χ4n) is 1.76. The van der Waals surface area contributed by atoms with E-state index in [1.807, 2.05) is 20.9 Å². The average molecular weight is 260 g/mol. The van der Waals surface area contributed by atoms with Crippen molar-refractivity contribution in [2.75, 3.05) is 14.2 Å². The van der Waals surface area contributed by atoms with E-state index in [1.54, 1.807) is 19.2 Å². The number of rotatable bonds is 5. The van der Waals surface area contributed by atoms with Crippen molar-refractivity contribution in [1.29, 1.82) is 0 Å². The minimum Gasteiger partial charge on any atom is -0.377 e. The summed E-state index contributed by atoms with van der Waals surface area (Å²) >= 11 is 5.87. The van der Waals surface area contributed by atoms with Gasteiger partial charge in [-0.05, 0) is 51.1 Å². The van der Waals surface area contributed by atoms with E-state index >= 15 is 0 Å². The summed E-state index contributed by atoms with van der Waals surface area (Å²) in [4.78, 5) is 0. The molecule has 1 aromatic rings. The number of likely N-dealkylation sites (N-methyl/N-ethyl adjacent to an activating group) is 1. The minimum atomic E-state index is -0.372. The first-order valence-electron chi connectivity index (χ1n) is 5.57. The van der Waals surface area contributed by atoms with Crippen LogP contribution < -0.4 is 5.32 Å². The van der Waals surface area contributed by atoms with Gasteiger partial charge in [0.15, 0.2) is 0 Å². The number of hydrogen-bond acceptors (Lipinski definition) is 2. The number of halogens is 2. The highest BCUT2D eigenvalue weighted by atomic mass is 35.5. The summed E-state index contributed by atoms with van der Waals surface area (Å²) in [6, 6.07) is 4.62. The molecule has 1 unspecified atom stereocenters. The fraction of sp³-hybridized carbons (Fsp3) is 0.538. The third kappa shape index (κ3) is 3.66. The molecule has 1 aromatic carbocycles. The fourth-order valence-corrected chi connectivity index (χ4v) is 1.95. The molecule has 96 valence electrons. The zero-order valence-corrected chi connectivity index (χ0v) is 11.4. The van der Waals surface area contributed by atoms with Crippen LogP contribution in [0.25, 0.3) is 0 Å². The molecule has 0 fully saturated rings. The van der Waals surface area contributed by atoms with Gasteiger partial charge in [-0.15, -0.1) is 0 Å². The van der Waals surface area contributed by atoms with Gasteiger partial charge in [0, 0.05) is 18.2 Å². The highest BCUT2D eigenvalue weighted by Gasteiger charge is 2.28. The van der Waals surface area contributed by atoms with Gasteiger partial charge in [0.25, 0.3) is 0 Å². The monoisotopic (exact) mass is 259 g/mol. The third-order valence-electron chi connectivity index (χ3n) is 3.15. The van der Waals surface area contributed by atoms with Gasteiger partial charge in [-0.25, -0.2) is 4.39 Å². The van der Waals surface area contributed by atoms with Crippen LogP contribution >= 0.6 is 11.6 Å². The molecule has 0 bridgehead atoms. The first-order chi connectivity index (χ1) is 7.90. The van der Waals surface area contributed by atoms with Crippen LogP contribution in [0.5, 0.6) is 0 Å². The lowest BCUT2D eigenvalue weighted by Gasteiger charge is -2.33. The smallest absolute Gasteiger partial charge is 0.126 e. The molecular weight excluding hydrogens is 241 g/mol. The largest absolute Gasteiger partial charge is 0.377 e. The second kappa shape index (κ2) is 5.80. The highest BCUT2D eigenvalue weighted by molar-refractivity contribution is 6.30. The molecule has 4 heteroatoms. The molecule has 17 heavy (non-hydrogen) atoms. The topological polar surface area (TPSA) is 21.3 Å². The Hall–Kier alpha value is -0.640. The normalized spacial score (nSPS) is 13.8. The summed E-state index contributed by atoms with van der Waals surface area (Å²) in [7, 11) is 3.49. The maximum atomic E-state index is 13.6. The number of ether oxygens (including phenoxy) is 1. The molecule has 1 rings (SSSR count). The molecule has 0 heterocycles. The van der Waals surface area contributed by atoms with Crippen LogP contribution in [0, 0.1) is 5.82 Å². The zero-order chi connectivity index (χ0) is 13.1. The predicted octanol–water partition coefficient (Wildman–Crippen LogP) is 3.03. The van der Waals surface area contributed by atoms with E-state index in [0.717, 1.165) is 0 Å². The molecule has 0 aromatic heterocycles. The van der Waals surface area contributed by atoms with Gasteiger partial charge in [0.2, 0.25) is 0 Å². The lowest BCUT2D eigenvalue weighted by molar-refractivity contribution is -0.00815. The van der Waals surface area contributed by atoms with Crippen LogP contribution in [-0.4, -0.2) is 25.8 Å². The van der Waals surface area contributed by atoms with Crippen molar-refractivity contribution in [2.45, 2.75) is 31.9 Å². The summed E-state index contributed by atoms with van der Waals surface area (Å²) in [5.41, 5.74) is 0.228. The maximum Gasteiger partial charge on any atom is 0.126 e. The second-order valence-corrected chi connectivity index (χ2v) is 5.03. The molecule has 1 N–H and O–H groups in total. The highest BCUT2D eigenvalue weighted by Crippen LogP contribution is 2.21. The van der Waals surface area contributed by atoms with Crippen molar-refractivity contribution < 1.29 is 9.13 Å². The molecule has 0 radical (unpaired) electrons. The zero-order valence-electron chi connectivity index (χ0n) is 10.7. The van der Waals surface area contributed by atoms with Gasteiger partial charge in [0.1, 0.15) is 5.82 Å². The van der Waals surface area contributed by atoms with E-state index in [1.165, 1.54) is 6.07 Å². The Morgan fingerprint density at radius 2 is 2.12 bits per heavy atom. The standard InChI is InChI=1S/C13H19ClFNO/c1-13(2,17-4)12(16-3)8-9-7-10(14)5-6-11(9)15/h5-7,12,16H,8H2,1-4H3. The maximum absolute atomic E-state index is 13.6. The van der Waals surface area contributed by atoms with Gasteiger partial charge in [-0.2, -0.15) is 0 Å². The van der Waals surface area contributed by atoms with Crippen LogP contribution in [-0.2, 0) is 11.2 Å². The molecule has 0 aliphatic carbocycles. The van der Waals surface area contributed by atoms with Gasteiger partial charge >= 0.3 is 0 Å². The summed E-state index contributed by atoms with van der Waals surface area (Å²) in [6.45, 7) is 3.94. The van der Waals surface area contributed by atoms with Gasteiger partial charge in [0.05, 0.1) is 5.60 Å². The average Bonchev–Trinajstić information content (AvgIpc) is 2.30. The van der Waals surface area contributed by atoms with Crippen LogP contribution in [0.2, 0.25) is 5.02 Å². The first-order valence-corrected chi connectivity index (χ1v) is 5.95. The summed E-state index contributed by atoms with van der Waals surface area (Å²) in [5, 5.41) is 3.70.